The summed E-state index contributed by atoms with van der Waals surface area (Å²) in [7, 11) is -3.51. The lowest BCUT2D eigenvalue weighted by Gasteiger charge is -2.37. The second kappa shape index (κ2) is 7.96. The molecule has 7 nitrogen and oxygen atoms in total. The van der Waals surface area contributed by atoms with Crippen LogP contribution in [0.15, 0.2) is 35.1 Å². The molecule has 0 bridgehead atoms. The molecule has 4 heterocycles. The zero-order valence-corrected chi connectivity index (χ0v) is 17.7. The number of nitrogens with zero attached hydrogens (tertiary/aromatic N) is 4. The van der Waals surface area contributed by atoms with Crippen molar-refractivity contribution in [1.29, 1.82) is 0 Å². The summed E-state index contributed by atoms with van der Waals surface area (Å²) < 4.78 is 29.8. The summed E-state index contributed by atoms with van der Waals surface area (Å²) in [6.45, 7) is 4.12. The highest BCUT2D eigenvalue weighted by atomic mass is 32.2. The van der Waals surface area contributed by atoms with Crippen LogP contribution in [-0.4, -0.2) is 59.3 Å². The minimum atomic E-state index is -3.51. The van der Waals surface area contributed by atoms with Gasteiger partial charge in [-0.15, -0.1) is 11.3 Å². The predicted molar refractivity (Wildman–Crippen MR) is 108 cm³/mol. The molecule has 0 radical (unpaired) electrons. The summed E-state index contributed by atoms with van der Waals surface area (Å²) in [6.07, 6.45) is 8.89. The maximum atomic E-state index is 13.0. The van der Waals surface area contributed by atoms with Gasteiger partial charge in [-0.3, -0.25) is 4.79 Å². The van der Waals surface area contributed by atoms with Crippen molar-refractivity contribution in [1.82, 2.24) is 18.8 Å². The Balaban J connectivity index is 1.39. The van der Waals surface area contributed by atoms with E-state index in [0.717, 1.165) is 43.6 Å². The Morgan fingerprint density at radius 3 is 2.61 bits per heavy atom. The van der Waals surface area contributed by atoms with Crippen LogP contribution >= 0.6 is 11.3 Å². The zero-order valence-electron chi connectivity index (χ0n) is 16.0. The van der Waals surface area contributed by atoms with E-state index in [-0.39, 0.29) is 11.8 Å². The number of sulfonamides is 1. The van der Waals surface area contributed by atoms with Crippen molar-refractivity contribution >= 4 is 27.3 Å². The summed E-state index contributed by atoms with van der Waals surface area (Å²) in [4.78, 5) is 20.0. The molecular formula is C19H26N4O3S2. The highest BCUT2D eigenvalue weighted by Gasteiger charge is 2.36. The van der Waals surface area contributed by atoms with Crippen LogP contribution in [0.5, 0.6) is 0 Å². The van der Waals surface area contributed by atoms with Crippen molar-refractivity contribution in [3.05, 3.63) is 35.7 Å². The molecule has 1 amide bonds. The fourth-order valence-corrected chi connectivity index (χ4v) is 7.13. The molecule has 0 aromatic carbocycles. The number of piperidine rings is 2. The maximum absolute atomic E-state index is 13.0. The van der Waals surface area contributed by atoms with Crippen LogP contribution in [0.25, 0.3) is 0 Å². The quantitative estimate of drug-likeness (QED) is 0.759. The topological polar surface area (TPSA) is 75.5 Å². The highest BCUT2D eigenvalue weighted by molar-refractivity contribution is 7.91. The first kappa shape index (κ1) is 19.6. The lowest BCUT2D eigenvalue weighted by Crippen LogP contribution is -2.48. The van der Waals surface area contributed by atoms with Gasteiger partial charge in [0.15, 0.2) is 0 Å². The predicted octanol–water partition coefficient (Wildman–Crippen LogP) is 2.52. The number of carbonyl (C=O) groups excluding carboxylic acids is 1. The summed E-state index contributed by atoms with van der Waals surface area (Å²) in [5, 5.41) is 0. The molecule has 0 saturated carbocycles. The molecule has 2 fully saturated rings. The molecule has 28 heavy (non-hydrogen) atoms. The summed E-state index contributed by atoms with van der Waals surface area (Å²) in [5.41, 5.74) is 0. The van der Waals surface area contributed by atoms with Gasteiger partial charge < -0.3 is 9.47 Å². The van der Waals surface area contributed by atoms with Gasteiger partial charge >= 0.3 is 0 Å². The number of carbonyl (C=O) groups is 1. The van der Waals surface area contributed by atoms with Crippen molar-refractivity contribution in [2.45, 2.75) is 42.9 Å². The molecule has 4 rings (SSSR count). The number of hydrogen-bond donors (Lipinski definition) is 0. The number of hydrogen-bond acceptors (Lipinski definition) is 5. The number of likely N-dealkylation sites (tertiary alicyclic amines) is 1. The van der Waals surface area contributed by atoms with E-state index in [1.165, 1.54) is 15.6 Å². The minimum Gasteiger partial charge on any atom is -0.342 e. The van der Waals surface area contributed by atoms with Crippen molar-refractivity contribution in [2.75, 3.05) is 26.2 Å². The van der Waals surface area contributed by atoms with Gasteiger partial charge in [0.2, 0.25) is 5.91 Å². The molecule has 2 aliphatic heterocycles. The van der Waals surface area contributed by atoms with Gasteiger partial charge in [-0.25, -0.2) is 13.4 Å². The Hall–Kier alpha value is -1.71. The number of aromatic nitrogens is 2. The monoisotopic (exact) mass is 422 g/mol. The molecule has 2 saturated heterocycles. The van der Waals surface area contributed by atoms with Crippen LogP contribution in [0.1, 0.15) is 36.6 Å². The van der Waals surface area contributed by atoms with Gasteiger partial charge in [0.1, 0.15) is 4.21 Å². The number of thiophene rings is 1. The Morgan fingerprint density at radius 1 is 1.18 bits per heavy atom. The van der Waals surface area contributed by atoms with Gasteiger partial charge in [0.25, 0.3) is 10.0 Å². The molecule has 2 aromatic rings. The van der Waals surface area contributed by atoms with Gasteiger partial charge in [-0.05, 0) is 44.7 Å². The number of imidazole rings is 1. The molecule has 0 aliphatic carbocycles. The van der Waals surface area contributed by atoms with Crippen LogP contribution in [0.4, 0.5) is 0 Å². The first-order chi connectivity index (χ1) is 13.4. The molecular weight excluding hydrogens is 396 g/mol. The average molecular weight is 423 g/mol. The second-order valence-electron chi connectivity index (χ2n) is 7.63. The minimum absolute atomic E-state index is 0.103. The van der Waals surface area contributed by atoms with E-state index in [1.807, 2.05) is 30.4 Å². The Labute approximate surface area is 170 Å². The molecule has 9 heteroatoms. The fraction of sp³-hybridized carbons (Fsp3) is 0.579. The lowest BCUT2D eigenvalue weighted by molar-refractivity contribution is -0.138. The Bertz CT molecular complexity index is 915. The lowest BCUT2D eigenvalue weighted by atomic mass is 9.96. The van der Waals surface area contributed by atoms with Gasteiger partial charge in [0.05, 0.1) is 12.2 Å². The average Bonchev–Trinajstić information content (AvgIpc) is 3.40. The second-order valence-corrected chi connectivity index (χ2v) is 11.1. The molecule has 2 aliphatic rings. The van der Waals surface area contributed by atoms with Crippen molar-refractivity contribution in [2.24, 2.45) is 5.92 Å². The highest BCUT2D eigenvalue weighted by Crippen LogP contribution is 2.30. The normalized spacial score (nSPS) is 22.5. The standard InChI is InChI=1S/C19H26N4O3S2/c1-15-4-5-18(27-15)28(25,26)23-9-2-3-16(13-23)19(24)21-10-6-17(7-11-21)22-12-8-20-14-22/h4-5,8,12,14,16-17H,2-3,6-7,9-11,13H2,1H3. The van der Waals surface area contributed by atoms with Gasteiger partial charge in [-0.2, -0.15) is 4.31 Å². The fourth-order valence-electron chi connectivity index (χ4n) is 4.17. The van der Waals surface area contributed by atoms with Crippen molar-refractivity contribution < 1.29 is 13.2 Å². The Kier molecular flexibility index (Phi) is 5.57. The Morgan fingerprint density at radius 2 is 1.96 bits per heavy atom. The molecule has 1 unspecified atom stereocenters. The number of rotatable bonds is 4. The molecule has 2 aromatic heterocycles. The van der Waals surface area contributed by atoms with E-state index in [1.54, 1.807) is 12.3 Å². The van der Waals surface area contributed by atoms with E-state index in [2.05, 4.69) is 9.55 Å². The van der Waals surface area contributed by atoms with Crippen LogP contribution in [0.2, 0.25) is 0 Å². The molecule has 0 N–H and O–H groups in total. The number of amides is 1. The van der Waals surface area contributed by atoms with Crippen LogP contribution in [0.3, 0.4) is 0 Å². The first-order valence-corrected chi connectivity index (χ1v) is 12.0. The number of aryl methyl sites for hydroxylation is 1. The van der Waals surface area contributed by atoms with E-state index in [0.29, 0.717) is 23.3 Å². The molecule has 1 atom stereocenters. The van der Waals surface area contributed by atoms with E-state index >= 15 is 0 Å². The third-order valence-corrected chi connectivity index (χ3v) is 9.10. The maximum Gasteiger partial charge on any atom is 0.252 e. The van der Waals surface area contributed by atoms with Crippen LogP contribution in [0, 0.1) is 12.8 Å². The summed E-state index contributed by atoms with van der Waals surface area (Å²) >= 11 is 1.29. The third kappa shape index (κ3) is 3.88. The molecule has 0 spiro atoms. The third-order valence-electron chi connectivity index (χ3n) is 5.77. The SMILES string of the molecule is Cc1ccc(S(=O)(=O)N2CCCC(C(=O)N3CCC(n4ccnc4)CC3)C2)s1. The largest absolute Gasteiger partial charge is 0.342 e. The van der Waals surface area contributed by atoms with E-state index in [4.69, 9.17) is 0 Å². The van der Waals surface area contributed by atoms with E-state index < -0.39 is 10.0 Å². The first-order valence-electron chi connectivity index (χ1n) is 9.78. The smallest absolute Gasteiger partial charge is 0.252 e. The summed E-state index contributed by atoms with van der Waals surface area (Å²) in [6, 6.07) is 3.88. The zero-order chi connectivity index (χ0) is 19.7. The van der Waals surface area contributed by atoms with Crippen molar-refractivity contribution in [3.63, 3.8) is 0 Å². The van der Waals surface area contributed by atoms with Crippen LogP contribution < -0.4 is 0 Å². The van der Waals surface area contributed by atoms with Crippen molar-refractivity contribution in [3.8, 4) is 0 Å². The van der Waals surface area contributed by atoms with Gasteiger partial charge in [0, 0.05) is 49.5 Å². The van der Waals surface area contributed by atoms with E-state index in [9.17, 15) is 13.2 Å². The van der Waals surface area contributed by atoms with Crippen LogP contribution in [-0.2, 0) is 14.8 Å². The summed E-state index contributed by atoms with van der Waals surface area (Å²) in [5.74, 6) is -0.138. The molecule has 152 valence electrons. The van der Waals surface area contributed by atoms with Gasteiger partial charge in [-0.1, -0.05) is 0 Å².